The van der Waals surface area contributed by atoms with Crippen LogP contribution < -0.4 is 10.2 Å². The lowest BCUT2D eigenvalue weighted by Gasteiger charge is -2.47. The molecule has 1 aromatic heterocycles. The van der Waals surface area contributed by atoms with Gasteiger partial charge in [-0.3, -0.25) is 14.8 Å². The maximum atomic E-state index is 5.01. The summed E-state index contributed by atoms with van der Waals surface area (Å²) in [4.78, 5) is 19.4. The molecule has 0 radical (unpaired) electrons. The summed E-state index contributed by atoms with van der Waals surface area (Å²) in [5.74, 6) is 2.15. The van der Waals surface area contributed by atoms with E-state index in [2.05, 4.69) is 49.0 Å². The largest absolute Gasteiger partial charge is 0.357 e. The van der Waals surface area contributed by atoms with Crippen molar-refractivity contribution in [3.63, 3.8) is 0 Å². The molecule has 1 aromatic rings. The van der Waals surface area contributed by atoms with Crippen molar-refractivity contribution in [1.29, 1.82) is 0 Å². The minimum atomic E-state index is 0. The molecule has 1 unspecified atom stereocenters. The van der Waals surface area contributed by atoms with Gasteiger partial charge in [-0.25, -0.2) is 4.98 Å². The zero-order chi connectivity index (χ0) is 17.8. The summed E-state index contributed by atoms with van der Waals surface area (Å²) in [6.07, 6.45) is 1.87. The monoisotopic (exact) mass is 485 g/mol. The van der Waals surface area contributed by atoms with Crippen LogP contribution in [0, 0.1) is 0 Å². The number of aliphatic imine (C=N–C) groups is 1. The fourth-order valence-electron chi connectivity index (χ4n) is 4.20. The Morgan fingerprint density at radius 1 is 1.11 bits per heavy atom. The molecule has 27 heavy (non-hydrogen) atoms. The van der Waals surface area contributed by atoms with Gasteiger partial charge in [-0.2, -0.15) is 0 Å². The predicted molar refractivity (Wildman–Crippen MR) is 121 cm³/mol. The van der Waals surface area contributed by atoms with Crippen molar-refractivity contribution in [1.82, 2.24) is 25.0 Å². The average molecular weight is 485 g/mol. The quantitative estimate of drug-likeness (QED) is 0.387. The topological polar surface area (TPSA) is 50.2 Å². The van der Waals surface area contributed by atoms with Gasteiger partial charge in [-0.15, -0.1) is 24.0 Å². The molecule has 0 aromatic carbocycles. The van der Waals surface area contributed by atoms with Crippen LogP contribution in [0.4, 0.5) is 5.82 Å². The summed E-state index contributed by atoms with van der Waals surface area (Å²) >= 11 is 0. The van der Waals surface area contributed by atoms with Crippen LogP contribution in [0.5, 0.6) is 0 Å². The third-order valence-corrected chi connectivity index (χ3v) is 5.73. The van der Waals surface area contributed by atoms with E-state index < -0.39 is 0 Å². The Bertz CT molecular complexity index is 595. The molecule has 150 valence electrons. The molecule has 5 heterocycles. The van der Waals surface area contributed by atoms with Crippen molar-refractivity contribution in [2.45, 2.75) is 13.0 Å². The fourth-order valence-corrected chi connectivity index (χ4v) is 4.20. The van der Waals surface area contributed by atoms with Gasteiger partial charge in [0, 0.05) is 77.7 Å². The Kier molecular flexibility index (Phi) is 7.54. The lowest BCUT2D eigenvalue weighted by Crippen LogP contribution is -2.62. The molecule has 4 aliphatic heterocycles. The van der Waals surface area contributed by atoms with Gasteiger partial charge in [-0.1, -0.05) is 6.07 Å². The van der Waals surface area contributed by atoms with Crippen LogP contribution >= 0.6 is 24.0 Å². The van der Waals surface area contributed by atoms with Crippen LogP contribution in [0.2, 0.25) is 0 Å². The number of hydrogen-bond acceptors (Lipinski definition) is 5. The lowest BCUT2D eigenvalue weighted by atomic mass is 10.1. The molecule has 4 aliphatic rings. The standard InChI is InChI=1S/C19H31N7.HI/c1-2-20-19(22-15-17-16-23-7-9-24(17)10-8-23)26-13-11-25(12-14-26)18-5-3-4-6-21-18;/h3-6,17H,2,7-16H2,1H3,(H,20,22);1H. The van der Waals surface area contributed by atoms with E-state index in [4.69, 9.17) is 4.99 Å². The normalized spacial score (nSPS) is 28.0. The molecular formula is C19H32IN7. The summed E-state index contributed by atoms with van der Waals surface area (Å²) < 4.78 is 0. The number of rotatable bonds is 4. The fraction of sp³-hybridized carbons (Fsp3) is 0.684. The Hall–Kier alpha value is -1.13. The van der Waals surface area contributed by atoms with E-state index in [1.807, 2.05) is 12.3 Å². The third kappa shape index (κ3) is 5.03. The van der Waals surface area contributed by atoms with Crippen molar-refractivity contribution in [3.05, 3.63) is 24.4 Å². The minimum absolute atomic E-state index is 0. The smallest absolute Gasteiger partial charge is 0.194 e. The second-order valence-corrected chi connectivity index (χ2v) is 7.35. The third-order valence-electron chi connectivity index (χ3n) is 5.73. The van der Waals surface area contributed by atoms with Crippen molar-refractivity contribution >= 4 is 35.8 Å². The van der Waals surface area contributed by atoms with Crippen LogP contribution in [0.25, 0.3) is 0 Å². The minimum Gasteiger partial charge on any atom is -0.357 e. The van der Waals surface area contributed by atoms with E-state index in [0.717, 1.165) is 51.0 Å². The molecule has 0 saturated carbocycles. The van der Waals surface area contributed by atoms with E-state index in [0.29, 0.717) is 6.04 Å². The van der Waals surface area contributed by atoms with E-state index >= 15 is 0 Å². The number of halogens is 1. The number of nitrogens with zero attached hydrogens (tertiary/aromatic N) is 6. The van der Waals surface area contributed by atoms with Crippen LogP contribution in [-0.2, 0) is 0 Å². The Morgan fingerprint density at radius 3 is 2.48 bits per heavy atom. The number of anilines is 1. The van der Waals surface area contributed by atoms with Crippen molar-refractivity contribution in [2.24, 2.45) is 4.99 Å². The number of hydrogen-bond donors (Lipinski definition) is 1. The highest BCUT2D eigenvalue weighted by Gasteiger charge is 2.31. The van der Waals surface area contributed by atoms with Crippen LogP contribution in [0.3, 0.4) is 0 Å². The molecule has 4 fully saturated rings. The molecule has 7 nitrogen and oxygen atoms in total. The van der Waals surface area contributed by atoms with Gasteiger partial charge in [0.05, 0.1) is 6.54 Å². The van der Waals surface area contributed by atoms with Gasteiger partial charge in [0.25, 0.3) is 0 Å². The number of piperazine rings is 4. The van der Waals surface area contributed by atoms with Gasteiger partial charge >= 0.3 is 0 Å². The zero-order valence-electron chi connectivity index (χ0n) is 16.3. The SMILES string of the molecule is CCNC(=NCC1CN2CCN1CC2)N1CCN(c2ccccn2)CC1.I. The first-order valence-electron chi connectivity index (χ1n) is 9.99. The summed E-state index contributed by atoms with van der Waals surface area (Å²) in [5.41, 5.74) is 0. The second-order valence-electron chi connectivity index (χ2n) is 7.35. The highest BCUT2D eigenvalue weighted by atomic mass is 127. The maximum absolute atomic E-state index is 5.01. The molecule has 0 amide bonds. The molecule has 5 rings (SSSR count). The summed E-state index contributed by atoms with van der Waals surface area (Å²) in [6.45, 7) is 14.0. The van der Waals surface area contributed by atoms with Crippen LogP contribution in [0.1, 0.15) is 6.92 Å². The maximum Gasteiger partial charge on any atom is 0.194 e. The molecule has 0 aliphatic carbocycles. The highest BCUT2D eigenvalue weighted by Crippen LogP contribution is 2.16. The first-order valence-corrected chi connectivity index (χ1v) is 9.99. The molecule has 1 N–H and O–H groups in total. The molecule has 0 spiro atoms. The summed E-state index contributed by atoms with van der Waals surface area (Å²) in [6, 6.07) is 6.71. The first-order chi connectivity index (χ1) is 12.8. The number of aromatic nitrogens is 1. The molecule has 2 bridgehead atoms. The van der Waals surface area contributed by atoms with E-state index in [-0.39, 0.29) is 24.0 Å². The first kappa shape index (κ1) is 20.6. The summed E-state index contributed by atoms with van der Waals surface area (Å²) in [5, 5.41) is 3.50. The Balaban J connectivity index is 0.00000210. The van der Waals surface area contributed by atoms with Gasteiger partial charge in [0.15, 0.2) is 5.96 Å². The molecule has 4 saturated heterocycles. The Labute approximate surface area is 179 Å². The Morgan fingerprint density at radius 2 is 1.89 bits per heavy atom. The van der Waals surface area contributed by atoms with E-state index in [9.17, 15) is 0 Å². The van der Waals surface area contributed by atoms with Crippen LogP contribution in [-0.4, -0.2) is 104 Å². The highest BCUT2D eigenvalue weighted by molar-refractivity contribution is 14.0. The number of nitrogens with one attached hydrogen (secondary N) is 1. The van der Waals surface area contributed by atoms with Crippen molar-refractivity contribution in [2.75, 3.05) is 76.9 Å². The van der Waals surface area contributed by atoms with Crippen LogP contribution in [0.15, 0.2) is 29.4 Å². The number of pyridine rings is 1. The number of fused-ring (bicyclic) bond motifs is 3. The molecule has 1 atom stereocenters. The average Bonchev–Trinajstić information content (AvgIpc) is 2.73. The molecule has 8 heteroatoms. The van der Waals surface area contributed by atoms with E-state index in [1.165, 1.54) is 32.7 Å². The lowest BCUT2D eigenvalue weighted by molar-refractivity contribution is 0.0173. The summed E-state index contributed by atoms with van der Waals surface area (Å²) in [7, 11) is 0. The van der Waals surface area contributed by atoms with Gasteiger partial charge in [-0.05, 0) is 19.1 Å². The molecular weight excluding hydrogens is 453 g/mol. The van der Waals surface area contributed by atoms with E-state index in [1.54, 1.807) is 0 Å². The van der Waals surface area contributed by atoms with Gasteiger partial charge in [0.2, 0.25) is 0 Å². The van der Waals surface area contributed by atoms with Gasteiger partial charge in [0.1, 0.15) is 5.82 Å². The predicted octanol–water partition coefficient (Wildman–Crippen LogP) is 0.787. The van der Waals surface area contributed by atoms with Crippen molar-refractivity contribution < 1.29 is 0 Å². The van der Waals surface area contributed by atoms with Crippen molar-refractivity contribution in [3.8, 4) is 0 Å². The second kappa shape index (κ2) is 9.88. The zero-order valence-corrected chi connectivity index (χ0v) is 18.6. The van der Waals surface area contributed by atoms with Gasteiger partial charge < -0.3 is 15.1 Å². The number of guanidine groups is 1.